The fourth-order valence-electron chi connectivity index (χ4n) is 3.34. The molecule has 1 aromatic rings. The van der Waals surface area contributed by atoms with Gasteiger partial charge < -0.3 is 14.5 Å². The fourth-order valence-corrected chi connectivity index (χ4v) is 3.34. The first-order valence-corrected chi connectivity index (χ1v) is 9.44. The highest BCUT2D eigenvalue weighted by Crippen LogP contribution is 2.20. The summed E-state index contributed by atoms with van der Waals surface area (Å²) in [7, 11) is 1.62. The van der Waals surface area contributed by atoms with E-state index in [1.807, 2.05) is 48.8 Å². The summed E-state index contributed by atoms with van der Waals surface area (Å²) in [6, 6.07) is 5.58. The van der Waals surface area contributed by atoms with Crippen LogP contribution in [-0.4, -0.2) is 79.4 Å². The third kappa shape index (κ3) is 4.97. The van der Waals surface area contributed by atoms with Gasteiger partial charge in [0.2, 0.25) is 5.91 Å². The van der Waals surface area contributed by atoms with Crippen molar-refractivity contribution in [2.24, 2.45) is 0 Å². The van der Waals surface area contributed by atoms with Crippen LogP contribution in [0.3, 0.4) is 0 Å². The minimum absolute atomic E-state index is 0.0280. The molecule has 1 heterocycles. The molecule has 0 radical (unpaired) electrons. The second-order valence-corrected chi connectivity index (χ2v) is 6.67. The summed E-state index contributed by atoms with van der Waals surface area (Å²) < 4.78 is 5.33. The normalized spacial score (nSPS) is 15.5. The van der Waals surface area contributed by atoms with Gasteiger partial charge in [0.05, 0.1) is 13.7 Å². The van der Waals surface area contributed by atoms with E-state index in [4.69, 9.17) is 4.74 Å². The van der Waals surface area contributed by atoms with Gasteiger partial charge in [-0.05, 0) is 44.9 Å². The van der Waals surface area contributed by atoms with Crippen molar-refractivity contribution in [2.75, 3.05) is 52.9 Å². The Hall–Kier alpha value is -2.08. The summed E-state index contributed by atoms with van der Waals surface area (Å²) in [4.78, 5) is 31.0. The van der Waals surface area contributed by atoms with E-state index in [0.717, 1.165) is 43.9 Å². The molecule has 1 aromatic carbocycles. The van der Waals surface area contributed by atoms with Gasteiger partial charge in [0.1, 0.15) is 5.75 Å². The minimum Gasteiger partial charge on any atom is -0.496 e. The van der Waals surface area contributed by atoms with E-state index in [9.17, 15) is 9.59 Å². The van der Waals surface area contributed by atoms with Gasteiger partial charge in [0.25, 0.3) is 5.91 Å². The lowest BCUT2D eigenvalue weighted by Crippen LogP contribution is -2.42. The van der Waals surface area contributed by atoms with Crippen LogP contribution in [0.25, 0.3) is 0 Å². The molecule has 144 valence electrons. The van der Waals surface area contributed by atoms with Gasteiger partial charge in [0.15, 0.2) is 0 Å². The van der Waals surface area contributed by atoms with Gasteiger partial charge in [-0.15, -0.1) is 0 Å². The molecule has 0 saturated carbocycles. The molecule has 2 rings (SSSR count). The molecule has 0 spiro atoms. The van der Waals surface area contributed by atoms with Crippen molar-refractivity contribution in [3.63, 3.8) is 0 Å². The molecule has 1 aliphatic rings. The maximum Gasteiger partial charge on any atom is 0.254 e. The lowest BCUT2D eigenvalue weighted by Gasteiger charge is -2.25. The SMILES string of the molecule is CCN(CC)C(=O)CN1CCCN(C(=O)c2ccc(C)c(OC)c2)CC1. The Morgan fingerprint density at radius 1 is 1.12 bits per heavy atom. The predicted molar refractivity (Wildman–Crippen MR) is 103 cm³/mol. The largest absolute Gasteiger partial charge is 0.496 e. The number of hydrogen-bond donors (Lipinski definition) is 0. The molecule has 1 saturated heterocycles. The summed E-state index contributed by atoms with van der Waals surface area (Å²) >= 11 is 0. The van der Waals surface area contributed by atoms with E-state index in [-0.39, 0.29) is 11.8 Å². The summed E-state index contributed by atoms with van der Waals surface area (Å²) in [5, 5.41) is 0. The van der Waals surface area contributed by atoms with Gasteiger partial charge >= 0.3 is 0 Å². The molecule has 6 nitrogen and oxygen atoms in total. The van der Waals surface area contributed by atoms with Crippen molar-refractivity contribution < 1.29 is 14.3 Å². The Bertz CT molecular complexity index is 629. The highest BCUT2D eigenvalue weighted by molar-refractivity contribution is 5.94. The Kier molecular flexibility index (Phi) is 7.45. The number of benzene rings is 1. The van der Waals surface area contributed by atoms with Crippen LogP contribution in [0, 0.1) is 6.92 Å². The Labute approximate surface area is 156 Å². The number of carbonyl (C=O) groups excluding carboxylic acids is 2. The zero-order valence-electron chi connectivity index (χ0n) is 16.5. The first-order valence-electron chi connectivity index (χ1n) is 9.44. The maximum absolute atomic E-state index is 12.8. The number of likely N-dealkylation sites (N-methyl/N-ethyl adjacent to an activating group) is 1. The summed E-state index contributed by atoms with van der Waals surface area (Å²) in [5.74, 6) is 0.926. The third-order valence-electron chi connectivity index (χ3n) is 5.01. The van der Waals surface area contributed by atoms with E-state index in [2.05, 4.69) is 4.90 Å². The zero-order valence-corrected chi connectivity index (χ0v) is 16.5. The van der Waals surface area contributed by atoms with Crippen LogP contribution in [0.4, 0.5) is 0 Å². The number of rotatable bonds is 6. The molecule has 0 bridgehead atoms. The summed E-state index contributed by atoms with van der Waals surface area (Å²) in [6.07, 6.45) is 0.875. The standard InChI is InChI=1S/C20H31N3O3/c1-5-22(6-2)19(24)15-21-10-7-11-23(13-12-21)20(25)17-9-8-16(3)18(14-17)26-4/h8-9,14H,5-7,10-13,15H2,1-4H3. The van der Waals surface area contributed by atoms with Crippen molar-refractivity contribution in [2.45, 2.75) is 27.2 Å². The van der Waals surface area contributed by atoms with Gasteiger partial charge in [0, 0.05) is 44.8 Å². The fraction of sp³-hybridized carbons (Fsp3) is 0.600. The average Bonchev–Trinajstić information content (AvgIpc) is 2.88. The number of amides is 2. The van der Waals surface area contributed by atoms with Crippen molar-refractivity contribution >= 4 is 11.8 Å². The molecule has 0 unspecified atom stereocenters. The molecular weight excluding hydrogens is 330 g/mol. The van der Waals surface area contributed by atoms with Crippen LogP contribution in [0.2, 0.25) is 0 Å². The Balaban J connectivity index is 1.97. The van der Waals surface area contributed by atoms with Crippen LogP contribution in [-0.2, 0) is 4.79 Å². The number of methoxy groups -OCH3 is 1. The third-order valence-corrected chi connectivity index (χ3v) is 5.01. The molecule has 1 fully saturated rings. The molecule has 26 heavy (non-hydrogen) atoms. The first-order chi connectivity index (χ1) is 12.5. The topological polar surface area (TPSA) is 53.1 Å². The van der Waals surface area contributed by atoms with E-state index in [1.54, 1.807) is 7.11 Å². The number of carbonyl (C=O) groups is 2. The second-order valence-electron chi connectivity index (χ2n) is 6.67. The van der Waals surface area contributed by atoms with Crippen molar-refractivity contribution in [3.8, 4) is 5.75 Å². The van der Waals surface area contributed by atoms with Crippen molar-refractivity contribution in [3.05, 3.63) is 29.3 Å². The lowest BCUT2D eigenvalue weighted by molar-refractivity contribution is -0.132. The van der Waals surface area contributed by atoms with Gasteiger partial charge in [-0.2, -0.15) is 0 Å². The molecule has 2 amide bonds. The molecule has 0 N–H and O–H groups in total. The van der Waals surface area contributed by atoms with Crippen molar-refractivity contribution in [1.29, 1.82) is 0 Å². The van der Waals surface area contributed by atoms with Gasteiger partial charge in [-0.1, -0.05) is 6.07 Å². The lowest BCUT2D eigenvalue weighted by atomic mass is 10.1. The predicted octanol–water partition coefficient (Wildman–Crippen LogP) is 2.02. The van der Waals surface area contributed by atoms with Crippen molar-refractivity contribution in [1.82, 2.24) is 14.7 Å². The quantitative estimate of drug-likeness (QED) is 0.778. The molecule has 0 aromatic heterocycles. The smallest absolute Gasteiger partial charge is 0.254 e. The monoisotopic (exact) mass is 361 g/mol. The average molecular weight is 361 g/mol. The number of nitrogens with zero attached hydrogens (tertiary/aromatic N) is 3. The van der Waals surface area contributed by atoms with Crippen LogP contribution in [0.15, 0.2) is 18.2 Å². The minimum atomic E-state index is 0.0280. The highest BCUT2D eigenvalue weighted by Gasteiger charge is 2.23. The Morgan fingerprint density at radius 2 is 1.85 bits per heavy atom. The highest BCUT2D eigenvalue weighted by atomic mass is 16.5. The van der Waals surface area contributed by atoms with E-state index in [1.165, 1.54) is 0 Å². The zero-order chi connectivity index (χ0) is 19.1. The molecule has 6 heteroatoms. The Morgan fingerprint density at radius 3 is 2.50 bits per heavy atom. The van der Waals surface area contributed by atoms with E-state index in [0.29, 0.717) is 25.2 Å². The van der Waals surface area contributed by atoms with Crippen LogP contribution in [0.5, 0.6) is 5.75 Å². The molecular formula is C20H31N3O3. The first kappa shape index (κ1) is 20.2. The van der Waals surface area contributed by atoms with Crippen LogP contribution in [0.1, 0.15) is 36.2 Å². The van der Waals surface area contributed by atoms with Crippen LogP contribution < -0.4 is 4.74 Å². The van der Waals surface area contributed by atoms with E-state index >= 15 is 0 Å². The second kappa shape index (κ2) is 9.57. The summed E-state index contributed by atoms with van der Waals surface area (Å²) in [5.41, 5.74) is 1.67. The van der Waals surface area contributed by atoms with Gasteiger partial charge in [-0.25, -0.2) is 0 Å². The number of aryl methyl sites for hydroxylation is 1. The number of ether oxygens (including phenoxy) is 1. The van der Waals surface area contributed by atoms with E-state index < -0.39 is 0 Å². The molecule has 1 aliphatic heterocycles. The van der Waals surface area contributed by atoms with Crippen LogP contribution >= 0.6 is 0 Å². The summed E-state index contributed by atoms with van der Waals surface area (Å²) in [6.45, 7) is 10.8. The number of hydrogen-bond acceptors (Lipinski definition) is 4. The maximum atomic E-state index is 12.8. The van der Waals surface area contributed by atoms with Gasteiger partial charge in [-0.3, -0.25) is 14.5 Å². The molecule has 0 atom stereocenters. The molecule has 0 aliphatic carbocycles.